The summed E-state index contributed by atoms with van der Waals surface area (Å²) >= 11 is 0. The molecule has 0 radical (unpaired) electrons. The van der Waals surface area contributed by atoms with Crippen LogP contribution in [0.2, 0.25) is 0 Å². The summed E-state index contributed by atoms with van der Waals surface area (Å²) in [5, 5.41) is 17.7. The number of aryl methyl sites for hydroxylation is 2. The zero-order valence-electron chi connectivity index (χ0n) is 16.4. The van der Waals surface area contributed by atoms with Gasteiger partial charge in [-0.1, -0.05) is 6.92 Å². The smallest absolute Gasteiger partial charge is 0.311 e. The van der Waals surface area contributed by atoms with Crippen molar-refractivity contribution in [1.82, 2.24) is 9.88 Å². The lowest BCUT2D eigenvalue weighted by Gasteiger charge is -2.32. The first-order valence-electron chi connectivity index (χ1n) is 9.53. The average Bonchev–Trinajstić information content (AvgIpc) is 3.32. The Hall–Kier alpha value is -2.83. The summed E-state index contributed by atoms with van der Waals surface area (Å²) in [7, 11) is 0. The number of carboxylic acid groups (broad SMARTS) is 2. The van der Waals surface area contributed by atoms with Crippen molar-refractivity contribution in [1.29, 1.82) is 0 Å². The molecule has 2 aromatic rings. The number of fused-ring (bicyclic) bond motifs is 3. The van der Waals surface area contributed by atoms with Gasteiger partial charge in [0.2, 0.25) is 0 Å². The Bertz CT molecular complexity index is 934. The lowest BCUT2D eigenvalue weighted by molar-refractivity contribution is -0.151. The van der Waals surface area contributed by atoms with Crippen LogP contribution in [0, 0.1) is 19.3 Å². The van der Waals surface area contributed by atoms with Crippen LogP contribution in [0.3, 0.4) is 0 Å². The number of carbonyl (C=O) groups is 3. The molecule has 28 heavy (non-hydrogen) atoms. The van der Waals surface area contributed by atoms with Crippen molar-refractivity contribution in [2.75, 3.05) is 0 Å². The van der Waals surface area contributed by atoms with Gasteiger partial charge in [-0.05, 0) is 63.3 Å². The zero-order chi connectivity index (χ0) is 20.6. The number of H-pyrrole nitrogens is 1. The van der Waals surface area contributed by atoms with Gasteiger partial charge in [-0.15, -0.1) is 0 Å². The van der Waals surface area contributed by atoms with E-state index in [1.807, 2.05) is 36.9 Å². The molecule has 3 N–H and O–H groups in total. The van der Waals surface area contributed by atoms with Crippen molar-refractivity contribution in [3.8, 4) is 0 Å². The number of aliphatic carboxylic acids is 1. The van der Waals surface area contributed by atoms with Crippen LogP contribution in [0.25, 0.3) is 10.9 Å². The molecule has 0 aliphatic carbocycles. The Morgan fingerprint density at radius 3 is 2.57 bits per heavy atom. The highest BCUT2D eigenvalue weighted by molar-refractivity contribution is 6.00. The minimum absolute atomic E-state index is 0.0239. The minimum atomic E-state index is -0.775. The van der Waals surface area contributed by atoms with E-state index in [-0.39, 0.29) is 24.5 Å². The van der Waals surface area contributed by atoms with Gasteiger partial charge in [0, 0.05) is 34.2 Å². The number of aromatic amines is 1. The van der Waals surface area contributed by atoms with Crippen molar-refractivity contribution in [3.63, 3.8) is 0 Å². The Kier molecular flexibility index (Phi) is 5.19. The molecule has 2 aliphatic rings. The molecule has 7 heteroatoms. The van der Waals surface area contributed by atoms with Crippen LogP contribution in [-0.4, -0.2) is 50.5 Å². The fourth-order valence-corrected chi connectivity index (χ4v) is 4.99. The predicted octanol–water partition coefficient (Wildman–Crippen LogP) is 3.34. The molecule has 3 heterocycles. The minimum Gasteiger partial charge on any atom is -0.483 e. The zero-order valence-corrected chi connectivity index (χ0v) is 16.4. The molecule has 1 aromatic heterocycles. The van der Waals surface area contributed by atoms with Gasteiger partial charge < -0.3 is 20.1 Å². The van der Waals surface area contributed by atoms with Gasteiger partial charge in [0.15, 0.2) is 0 Å². The third kappa shape index (κ3) is 2.85. The first-order chi connectivity index (χ1) is 13.3. The molecular formula is C21H26N2O5. The van der Waals surface area contributed by atoms with E-state index in [4.69, 9.17) is 9.90 Å². The Balaban J connectivity index is 0.000000706. The van der Waals surface area contributed by atoms with Crippen molar-refractivity contribution in [2.45, 2.75) is 58.5 Å². The van der Waals surface area contributed by atoms with Crippen LogP contribution in [0.1, 0.15) is 54.2 Å². The molecule has 2 bridgehead atoms. The van der Waals surface area contributed by atoms with E-state index in [1.165, 1.54) is 0 Å². The van der Waals surface area contributed by atoms with Crippen LogP contribution in [0.4, 0.5) is 0 Å². The lowest BCUT2D eigenvalue weighted by atomic mass is 9.72. The average molecular weight is 386 g/mol. The Morgan fingerprint density at radius 1 is 1.32 bits per heavy atom. The number of rotatable bonds is 3. The van der Waals surface area contributed by atoms with Gasteiger partial charge in [-0.2, -0.15) is 0 Å². The highest BCUT2D eigenvalue weighted by atomic mass is 16.4. The third-order valence-corrected chi connectivity index (χ3v) is 6.59. The SMILES string of the molecule is CC[C@@]1(C(=O)O)C[C@@H]2CC[C@H]1N2C(=O)c1ccc2[nH]c(C)c(C)c2c1.O=CO. The normalized spacial score (nSPS) is 25.5. The second-order valence-corrected chi connectivity index (χ2v) is 7.72. The number of aromatic nitrogens is 1. The molecule has 1 amide bonds. The molecule has 0 spiro atoms. The number of nitrogens with one attached hydrogen (secondary N) is 1. The van der Waals surface area contributed by atoms with Gasteiger partial charge in [-0.25, -0.2) is 0 Å². The van der Waals surface area contributed by atoms with Gasteiger partial charge in [0.25, 0.3) is 12.4 Å². The molecule has 1 aromatic carbocycles. The Morgan fingerprint density at radius 2 is 2.00 bits per heavy atom. The quantitative estimate of drug-likeness (QED) is 0.701. The standard InChI is InChI=1S/C20H24N2O3.CH2O2/c1-4-20(19(24)25)10-14-6-8-17(20)22(14)18(23)13-5-7-16-15(9-13)11(2)12(3)21-16;2-1-3/h5,7,9,14,17,21H,4,6,8,10H2,1-3H3,(H,24,25);1H,(H,2,3)/t14-,17+,20+;/m0./s1. The summed E-state index contributed by atoms with van der Waals surface area (Å²) in [6.45, 7) is 5.75. The van der Waals surface area contributed by atoms with Crippen LogP contribution in [0.15, 0.2) is 18.2 Å². The van der Waals surface area contributed by atoms with E-state index >= 15 is 0 Å². The maximum atomic E-state index is 13.2. The van der Waals surface area contributed by atoms with E-state index in [9.17, 15) is 14.7 Å². The van der Waals surface area contributed by atoms with Crippen LogP contribution < -0.4 is 0 Å². The monoisotopic (exact) mass is 386 g/mol. The summed E-state index contributed by atoms with van der Waals surface area (Å²) in [6, 6.07) is 5.62. The topological polar surface area (TPSA) is 111 Å². The first-order valence-corrected chi connectivity index (χ1v) is 9.53. The number of hydrogen-bond acceptors (Lipinski definition) is 3. The highest BCUT2D eigenvalue weighted by Crippen LogP contribution is 2.52. The maximum Gasteiger partial charge on any atom is 0.311 e. The number of benzene rings is 1. The fourth-order valence-electron chi connectivity index (χ4n) is 4.99. The summed E-state index contributed by atoms with van der Waals surface area (Å²) in [5.41, 5.74) is 3.18. The molecule has 0 saturated carbocycles. The molecule has 0 unspecified atom stereocenters. The fraction of sp³-hybridized carbons (Fsp3) is 0.476. The second kappa shape index (κ2) is 7.30. The first kappa shape index (κ1) is 19.9. The van der Waals surface area contributed by atoms with Crippen LogP contribution >= 0.6 is 0 Å². The van der Waals surface area contributed by atoms with Gasteiger partial charge >= 0.3 is 5.97 Å². The van der Waals surface area contributed by atoms with Gasteiger partial charge in [-0.3, -0.25) is 14.4 Å². The van der Waals surface area contributed by atoms with Crippen molar-refractivity contribution >= 4 is 29.3 Å². The Labute approximate surface area is 163 Å². The van der Waals surface area contributed by atoms with Crippen LogP contribution in [-0.2, 0) is 9.59 Å². The maximum absolute atomic E-state index is 13.2. The van der Waals surface area contributed by atoms with E-state index in [1.54, 1.807) is 0 Å². The molecule has 2 aliphatic heterocycles. The van der Waals surface area contributed by atoms with E-state index < -0.39 is 11.4 Å². The van der Waals surface area contributed by atoms with E-state index in [0.717, 1.165) is 35.0 Å². The molecule has 7 nitrogen and oxygen atoms in total. The molecule has 4 rings (SSSR count). The molecule has 150 valence electrons. The largest absolute Gasteiger partial charge is 0.483 e. The number of nitrogens with zero attached hydrogens (tertiary/aromatic N) is 1. The lowest BCUT2D eigenvalue weighted by Crippen LogP contribution is -2.44. The number of hydrogen-bond donors (Lipinski definition) is 3. The van der Waals surface area contributed by atoms with Crippen molar-refractivity contribution in [2.24, 2.45) is 5.41 Å². The summed E-state index contributed by atoms with van der Waals surface area (Å²) in [6.07, 6.45) is 2.86. The van der Waals surface area contributed by atoms with Crippen LogP contribution in [0.5, 0.6) is 0 Å². The third-order valence-electron chi connectivity index (χ3n) is 6.59. The van der Waals surface area contributed by atoms with E-state index in [2.05, 4.69) is 11.9 Å². The number of amides is 1. The summed E-state index contributed by atoms with van der Waals surface area (Å²) in [4.78, 5) is 38.7. The molecule has 2 saturated heterocycles. The van der Waals surface area contributed by atoms with E-state index in [0.29, 0.717) is 18.4 Å². The molecular weight excluding hydrogens is 360 g/mol. The molecule has 2 fully saturated rings. The summed E-state index contributed by atoms with van der Waals surface area (Å²) < 4.78 is 0. The van der Waals surface area contributed by atoms with Gasteiger partial charge in [0.1, 0.15) is 0 Å². The second-order valence-electron chi connectivity index (χ2n) is 7.72. The molecule has 3 atom stereocenters. The number of carbonyl (C=O) groups excluding carboxylic acids is 1. The predicted molar refractivity (Wildman–Crippen MR) is 104 cm³/mol. The number of carboxylic acids is 1. The van der Waals surface area contributed by atoms with Gasteiger partial charge in [0.05, 0.1) is 5.41 Å². The van der Waals surface area contributed by atoms with Crippen molar-refractivity contribution in [3.05, 3.63) is 35.0 Å². The van der Waals surface area contributed by atoms with Crippen molar-refractivity contribution < 1.29 is 24.6 Å². The summed E-state index contributed by atoms with van der Waals surface area (Å²) in [5.74, 6) is -0.781. The highest BCUT2D eigenvalue weighted by Gasteiger charge is 2.60.